The number of ether oxygens (including phenoxy) is 1. The molecule has 1 aliphatic carbocycles. The van der Waals surface area contributed by atoms with Gasteiger partial charge in [0, 0.05) is 13.0 Å². The molecule has 5 heteroatoms. The topological polar surface area (TPSA) is 73.9 Å². The summed E-state index contributed by atoms with van der Waals surface area (Å²) in [7, 11) is 1.72. The Labute approximate surface area is 121 Å². The van der Waals surface area contributed by atoms with Crippen molar-refractivity contribution in [1.82, 2.24) is 15.0 Å². The Balaban J connectivity index is 2.36. The molecule has 0 amide bonds. The van der Waals surface area contributed by atoms with E-state index in [0.29, 0.717) is 17.7 Å². The largest absolute Gasteiger partial charge is 0.370 e. The third kappa shape index (κ3) is 2.92. The van der Waals surface area contributed by atoms with Crippen LogP contribution in [0.15, 0.2) is 0 Å². The molecule has 0 bridgehead atoms. The molecular weight excluding hydrogens is 252 g/mol. The van der Waals surface area contributed by atoms with Crippen molar-refractivity contribution in [2.45, 2.75) is 70.3 Å². The molecule has 0 saturated heterocycles. The standard InChI is InChI=1S/C15H26N4O/c1-4-15(5-2,20-3)13-17-12(18-14(16)19-13)11-9-7-6-8-10-11/h11H,4-10H2,1-3H3,(H2,16,17,18,19). The molecule has 0 aliphatic heterocycles. The summed E-state index contributed by atoms with van der Waals surface area (Å²) in [5.41, 5.74) is 5.47. The first-order valence-corrected chi connectivity index (χ1v) is 7.72. The van der Waals surface area contributed by atoms with Crippen molar-refractivity contribution >= 4 is 5.95 Å². The number of rotatable bonds is 5. The summed E-state index contributed by atoms with van der Waals surface area (Å²) < 4.78 is 5.71. The fraction of sp³-hybridized carbons (Fsp3) is 0.800. The maximum atomic E-state index is 5.91. The Bertz CT molecular complexity index is 431. The molecule has 1 fully saturated rings. The zero-order chi connectivity index (χ0) is 14.6. The molecule has 1 aromatic heterocycles. The van der Waals surface area contributed by atoms with Gasteiger partial charge < -0.3 is 10.5 Å². The Morgan fingerprint density at radius 1 is 1.10 bits per heavy atom. The van der Waals surface area contributed by atoms with E-state index in [1.807, 2.05) is 0 Å². The molecule has 0 spiro atoms. The second-order valence-corrected chi connectivity index (χ2v) is 5.62. The third-order valence-corrected chi connectivity index (χ3v) is 4.58. The lowest BCUT2D eigenvalue weighted by atomic mass is 9.88. The first kappa shape index (κ1) is 15.2. The van der Waals surface area contributed by atoms with E-state index >= 15 is 0 Å². The highest BCUT2D eigenvalue weighted by Crippen LogP contribution is 2.34. The third-order valence-electron chi connectivity index (χ3n) is 4.58. The first-order chi connectivity index (χ1) is 9.65. The quantitative estimate of drug-likeness (QED) is 0.895. The smallest absolute Gasteiger partial charge is 0.223 e. The van der Waals surface area contributed by atoms with E-state index in [2.05, 4.69) is 23.8 Å². The van der Waals surface area contributed by atoms with Crippen LogP contribution in [0.3, 0.4) is 0 Å². The van der Waals surface area contributed by atoms with Gasteiger partial charge in [-0.3, -0.25) is 0 Å². The van der Waals surface area contributed by atoms with Crippen molar-refractivity contribution in [2.75, 3.05) is 12.8 Å². The molecule has 2 rings (SSSR count). The van der Waals surface area contributed by atoms with Crippen LogP contribution in [-0.4, -0.2) is 22.1 Å². The van der Waals surface area contributed by atoms with Crippen LogP contribution < -0.4 is 5.73 Å². The second-order valence-electron chi connectivity index (χ2n) is 5.62. The molecule has 2 N–H and O–H groups in total. The molecule has 20 heavy (non-hydrogen) atoms. The maximum Gasteiger partial charge on any atom is 0.223 e. The van der Waals surface area contributed by atoms with Crippen molar-refractivity contribution in [3.05, 3.63) is 11.6 Å². The van der Waals surface area contributed by atoms with Gasteiger partial charge >= 0.3 is 0 Å². The minimum atomic E-state index is -0.444. The lowest BCUT2D eigenvalue weighted by Gasteiger charge is -2.29. The van der Waals surface area contributed by atoms with Gasteiger partial charge in [0.05, 0.1) is 0 Å². The average molecular weight is 278 g/mol. The molecule has 0 radical (unpaired) electrons. The number of nitrogens with two attached hydrogens (primary N) is 1. The number of anilines is 1. The van der Waals surface area contributed by atoms with E-state index < -0.39 is 5.60 Å². The first-order valence-electron chi connectivity index (χ1n) is 7.72. The fourth-order valence-corrected chi connectivity index (χ4v) is 3.10. The van der Waals surface area contributed by atoms with Crippen LogP contribution in [0.25, 0.3) is 0 Å². The lowest BCUT2D eigenvalue weighted by molar-refractivity contribution is -0.0294. The van der Waals surface area contributed by atoms with Crippen LogP contribution >= 0.6 is 0 Å². The summed E-state index contributed by atoms with van der Waals surface area (Å²) in [6.07, 6.45) is 7.78. The van der Waals surface area contributed by atoms with Gasteiger partial charge in [-0.25, -0.2) is 4.98 Å². The van der Waals surface area contributed by atoms with Gasteiger partial charge in [-0.15, -0.1) is 0 Å². The van der Waals surface area contributed by atoms with Gasteiger partial charge in [0.2, 0.25) is 5.95 Å². The molecule has 0 atom stereocenters. The van der Waals surface area contributed by atoms with Gasteiger partial charge in [0.25, 0.3) is 0 Å². The zero-order valence-corrected chi connectivity index (χ0v) is 12.9. The van der Waals surface area contributed by atoms with Crippen LogP contribution in [-0.2, 0) is 10.3 Å². The van der Waals surface area contributed by atoms with E-state index in [0.717, 1.165) is 31.5 Å². The minimum absolute atomic E-state index is 0.318. The molecule has 5 nitrogen and oxygen atoms in total. The minimum Gasteiger partial charge on any atom is -0.370 e. The molecule has 1 saturated carbocycles. The highest BCUT2D eigenvalue weighted by atomic mass is 16.5. The fourth-order valence-electron chi connectivity index (χ4n) is 3.10. The number of hydrogen-bond donors (Lipinski definition) is 1. The van der Waals surface area contributed by atoms with Crippen LogP contribution in [0.2, 0.25) is 0 Å². The number of nitrogens with zero attached hydrogens (tertiary/aromatic N) is 3. The number of nitrogen functional groups attached to an aromatic ring is 1. The molecule has 1 aliphatic rings. The van der Waals surface area contributed by atoms with Gasteiger partial charge in [0.15, 0.2) is 5.82 Å². The molecule has 0 aromatic carbocycles. The van der Waals surface area contributed by atoms with Crippen molar-refractivity contribution in [1.29, 1.82) is 0 Å². The van der Waals surface area contributed by atoms with Crippen LogP contribution in [0, 0.1) is 0 Å². The summed E-state index contributed by atoms with van der Waals surface area (Å²) in [5, 5.41) is 0. The van der Waals surface area contributed by atoms with E-state index in [4.69, 9.17) is 15.5 Å². The van der Waals surface area contributed by atoms with Crippen LogP contribution in [0.1, 0.15) is 76.4 Å². The van der Waals surface area contributed by atoms with Gasteiger partial charge in [0.1, 0.15) is 11.4 Å². The predicted octanol–water partition coefficient (Wildman–Crippen LogP) is 3.16. The van der Waals surface area contributed by atoms with E-state index in [-0.39, 0.29) is 0 Å². The zero-order valence-electron chi connectivity index (χ0n) is 12.9. The lowest BCUT2D eigenvalue weighted by Crippen LogP contribution is -2.31. The average Bonchev–Trinajstić information content (AvgIpc) is 2.50. The van der Waals surface area contributed by atoms with Gasteiger partial charge in [-0.05, 0) is 25.7 Å². The molecule has 0 unspecified atom stereocenters. The monoisotopic (exact) mass is 278 g/mol. The van der Waals surface area contributed by atoms with E-state index in [1.54, 1.807) is 7.11 Å². The van der Waals surface area contributed by atoms with Crippen molar-refractivity contribution < 1.29 is 4.74 Å². The van der Waals surface area contributed by atoms with Crippen molar-refractivity contribution in [3.63, 3.8) is 0 Å². The van der Waals surface area contributed by atoms with Crippen LogP contribution in [0.5, 0.6) is 0 Å². The highest BCUT2D eigenvalue weighted by molar-refractivity contribution is 5.20. The second kappa shape index (κ2) is 6.48. The summed E-state index contributed by atoms with van der Waals surface area (Å²) in [6, 6.07) is 0. The summed E-state index contributed by atoms with van der Waals surface area (Å²) in [4.78, 5) is 13.4. The number of aromatic nitrogens is 3. The summed E-state index contributed by atoms with van der Waals surface area (Å²) >= 11 is 0. The Morgan fingerprint density at radius 2 is 1.75 bits per heavy atom. The highest BCUT2D eigenvalue weighted by Gasteiger charge is 2.33. The van der Waals surface area contributed by atoms with Crippen LogP contribution in [0.4, 0.5) is 5.95 Å². The predicted molar refractivity (Wildman–Crippen MR) is 79.3 cm³/mol. The maximum absolute atomic E-state index is 5.91. The Morgan fingerprint density at radius 3 is 2.30 bits per heavy atom. The molecule has 1 heterocycles. The summed E-state index contributed by atoms with van der Waals surface area (Å²) in [5.74, 6) is 2.29. The SMILES string of the molecule is CCC(CC)(OC)c1nc(N)nc(C2CCCCC2)n1. The van der Waals surface area contributed by atoms with Crippen molar-refractivity contribution in [2.24, 2.45) is 0 Å². The molecule has 112 valence electrons. The Hall–Kier alpha value is -1.23. The van der Waals surface area contributed by atoms with Crippen molar-refractivity contribution in [3.8, 4) is 0 Å². The van der Waals surface area contributed by atoms with Gasteiger partial charge in [-0.2, -0.15) is 9.97 Å². The summed E-state index contributed by atoms with van der Waals surface area (Å²) in [6.45, 7) is 4.18. The van der Waals surface area contributed by atoms with E-state index in [1.165, 1.54) is 19.3 Å². The number of hydrogen-bond acceptors (Lipinski definition) is 5. The molecule has 1 aromatic rings. The molecular formula is C15H26N4O. The number of methoxy groups -OCH3 is 1. The van der Waals surface area contributed by atoms with Gasteiger partial charge in [-0.1, -0.05) is 33.1 Å². The Kier molecular flexibility index (Phi) is 4.91. The van der Waals surface area contributed by atoms with E-state index in [9.17, 15) is 0 Å². The normalized spacial score (nSPS) is 17.4.